The van der Waals surface area contributed by atoms with Crippen LogP contribution in [0.25, 0.3) is 0 Å². The fourth-order valence-electron chi connectivity index (χ4n) is 2.38. The van der Waals surface area contributed by atoms with Gasteiger partial charge >= 0.3 is 0 Å². The molecule has 0 atom stereocenters. The van der Waals surface area contributed by atoms with Gasteiger partial charge in [0, 0.05) is 19.0 Å². The van der Waals surface area contributed by atoms with Crippen molar-refractivity contribution in [3.63, 3.8) is 0 Å². The second-order valence-electron chi connectivity index (χ2n) is 5.77. The Morgan fingerprint density at radius 1 is 1.28 bits per heavy atom. The molecule has 3 N–H and O–H groups in total. The molecule has 1 rings (SSSR count). The van der Waals surface area contributed by atoms with Gasteiger partial charge in [0.1, 0.15) is 0 Å². The Labute approximate surface area is 111 Å². The Balaban J connectivity index is 2.09. The summed E-state index contributed by atoms with van der Waals surface area (Å²) in [6.07, 6.45) is 6.38. The van der Waals surface area contributed by atoms with Crippen LogP contribution in [0, 0.1) is 0 Å². The van der Waals surface area contributed by atoms with E-state index in [0.717, 1.165) is 38.6 Å². The van der Waals surface area contributed by atoms with Gasteiger partial charge in [-0.25, -0.2) is 0 Å². The summed E-state index contributed by atoms with van der Waals surface area (Å²) < 4.78 is 0. The van der Waals surface area contributed by atoms with Crippen molar-refractivity contribution >= 4 is 5.91 Å². The molecule has 0 aliphatic heterocycles. The van der Waals surface area contributed by atoms with Crippen LogP contribution in [0.15, 0.2) is 0 Å². The predicted octanol–water partition coefficient (Wildman–Crippen LogP) is 1.58. The number of hydrogen-bond donors (Lipinski definition) is 3. The second-order valence-corrected chi connectivity index (χ2v) is 5.77. The van der Waals surface area contributed by atoms with E-state index in [1.165, 1.54) is 6.42 Å². The average Bonchev–Trinajstić information content (AvgIpc) is 2.33. The smallest absolute Gasteiger partial charge is 0.220 e. The fraction of sp³-hybridized carbons (Fsp3) is 0.929. The monoisotopic (exact) mass is 256 g/mol. The summed E-state index contributed by atoms with van der Waals surface area (Å²) in [5.74, 6) is 0.0551. The summed E-state index contributed by atoms with van der Waals surface area (Å²) in [4.78, 5) is 11.6. The van der Waals surface area contributed by atoms with Crippen LogP contribution in [0.5, 0.6) is 0 Å². The number of amides is 1. The summed E-state index contributed by atoms with van der Waals surface area (Å²) in [6, 6.07) is 0.469. The number of hydrogen-bond acceptors (Lipinski definition) is 3. The topological polar surface area (TPSA) is 61.4 Å². The maximum atomic E-state index is 11.6. The van der Waals surface area contributed by atoms with Crippen LogP contribution in [-0.2, 0) is 4.79 Å². The zero-order valence-electron chi connectivity index (χ0n) is 11.8. The molecule has 0 aromatic heterocycles. The van der Waals surface area contributed by atoms with E-state index in [1.54, 1.807) is 0 Å². The fourth-order valence-corrected chi connectivity index (χ4v) is 2.38. The van der Waals surface area contributed by atoms with Crippen LogP contribution in [0.2, 0.25) is 0 Å². The molecular weight excluding hydrogens is 228 g/mol. The Bertz CT molecular complexity index is 248. The first kappa shape index (κ1) is 15.4. The van der Waals surface area contributed by atoms with E-state index in [2.05, 4.69) is 24.5 Å². The number of rotatable bonds is 7. The second kappa shape index (κ2) is 7.74. The standard InChI is InChI=1S/C14H28N2O2/c1-12(2)15-10-6-7-13(17)16-11-14(18)8-4-3-5-9-14/h12,15,18H,3-11H2,1-2H3,(H,16,17). The van der Waals surface area contributed by atoms with Crippen LogP contribution in [-0.4, -0.2) is 35.7 Å². The van der Waals surface area contributed by atoms with Crippen LogP contribution in [0.3, 0.4) is 0 Å². The van der Waals surface area contributed by atoms with Crippen molar-refractivity contribution < 1.29 is 9.90 Å². The van der Waals surface area contributed by atoms with E-state index in [1.807, 2.05) is 0 Å². The lowest BCUT2D eigenvalue weighted by molar-refractivity contribution is -0.122. The summed E-state index contributed by atoms with van der Waals surface area (Å²) in [7, 11) is 0. The normalized spacial score (nSPS) is 18.9. The molecule has 1 amide bonds. The Morgan fingerprint density at radius 2 is 1.94 bits per heavy atom. The zero-order chi connectivity index (χ0) is 13.4. The van der Waals surface area contributed by atoms with E-state index >= 15 is 0 Å². The van der Waals surface area contributed by atoms with E-state index in [-0.39, 0.29) is 5.91 Å². The number of carbonyl (C=O) groups excluding carboxylic acids is 1. The molecule has 4 nitrogen and oxygen atoms in total. The highest BCUT2D eigenvalue weighted by Crippen LogP contribution is 2.27. The van der Waals surface area contributed by atoms with Crippen LogP contribution < -0.4 is 10.6 Å². The number of aliphatic hydroxyl groups is 1. The third kappa shape index (κ3) is 6.36. The SMILES string of the molecule is CC(C)NCCCC(=O)NCC1(O)CCCCC1. The van der Waals surface area contributed by atoms with Gasteiger partial charge in [0.2, 0.25) is 5.91 Å². The van der Waals surface area contributed by atoms with Crippen molar-refractivity contribution in [1.82, 2.24) is 10.6 Å². The van der Waals surface area contributed by atoms with E-state index in [0.29, 0.717) is 19.0 Å². The van der Waals surface area contributed by atoms with Gasteiger partial charge in [0.15, 0.2) is 0 Å². The lowest BCUT2D eigenvalue weighted by Crippen LogP contribution is -2.44. The summed E-state index contributed by atoms with van der Waals surface area (Å²) in [6.45, 7) is 5.48. The molecule has 0 spiro atoms. The van der Waals surface area contributed by atoms with Crippen molar-refractivity contribution in [3.05, 3.63) is 0 Å². The molecule has 0 radical (unpaired) electrons. The Morgan fingerprint density at radius 3 is 2.56 bits per heavy atom. The first-order valence-corrected chi connectivity index (χ1v) is 7.24. The van der Waals surface area contributed by atoms with E-state index in [9.17, 15) is 9.90 Å². The van der Waals surface area contributed by atoms with E-state index < -0.39 is 5.60 Å². The third-order valence-corrected chi connectivity index (χ3v) is 3.53. The van der Waals surface area contributed by atoms with Gasteiger partial charge in [-0.05, 0) is 25.8 Å². The first-order valence-electron chi connectivity index (χ1n) is 7.24. The van der Waals surface area contributed by atoms with Gasteiger partial charge in [0.05, 0.1) is 5.60 Å². The minimum atomic E-state index is -0.649. The predicted molar refractivity (Wildman–Crippen MR) is 73.4 cm³/mol. The van der Waals surface area contributed by atoms with Gasteiger partial charge in [-0.3, -0.25) is 4.79 Å². The van der Waals surface area contributed by atoms with Crippen LogP contribution in [0.1, 0.15) is 58.8 Å². The van der Waals surface area contributed by atoms with Crippen molar-refractivity contribution in [1.29, 1.82) is 0 Å². The molecule has 0 unspecified atom stereocenters. The molecule has 0 bridgehead atoms. The van der Waals surface area contributed by atoms with Gasteiger partial charge < -0.3 is 15.7 Å². The zero-order valence-corrected chi connectivity index (χ0v) is 11.8. The summed E-state index contributed by atoms with van der Waals surface area (Å²) in [5, 5.41) is 16.4. The molecule has 1 aliphatic rings. The largest absolute Gasteiger partial charge is 0.388 e. The summed E-state index contributed by atoms with van der Waals surface area (Å²) in [5.41, 5.74) is -0.649. The highest BCUT2D eigenvalue weighted by atomic mass is 16.3. The minimum Gasteiger partial charge on any atom is -0.388 e. The molecule has 0 aromatic carbocycles. The van der Waals surface area contributed by atoms with Gasteiger partial charge in [-0.1, -0.05) is 33.1 Å². The maximum absolute atomic E-state index is 11.6. The van der Waals surface area contributed by atoms with Crippen molar-refractivity contribution in [2.24, 2.45) is 0 Å². The van der Waals surface area contributed by atoms with Crippen molar-refractivity contribution in [2.75, 3.05) is 13.1 Å². The Hall–Kier alpha value is -0.610. The maximum Gasteiger partial charge on any atom is 0.220 e. The molecular formula is C14H28N2O2. The Kier molecular flexibility index (Phi) is 6.65. The van der Waals surface area contributed by atoms with Crippen LogP contribution in [0.4, 0.5) is 0 Å². The molecule has 0 aromatic rings. The lowest BCUT2D eigenvalue weighted by Gasteiger charge is -2.32. The van der Waals surface area contributed by atoms with Crippen molar-refractivity contribution in [3.8, 4) is 0 Å². The third-order valence-electron chi connectivity index (χ3n) is 3.53. The highest BCUT2D eigenvalue weighted by Gasteiger charge is 2.29. The molecule has 1 fully saturated rings. The van der Waals surface area contributed by atoms with Gasteiger partial charge in [-0.2, -0.15) is 0 Å². The molecule has 18 heavy (non-hydrogen) atoms. The van der Waals surface area contributed by atoms with Crippen molar-refractivity contribution in [2.45, 2.75) is 70.4 Å². The van der Waals surface area contributed by atoms with E-state index in [4.69, 9.17) is 0 Å². The average molecular weight is 256 g/mol. The molecule has 1 aliphatic carbocycles. The molecule has 0 saturated heterocycles. The molecule has 106 valence electrons. The first-order chi connectivity index (χ1) is 8.52. The molecule has 4 heteroatoms. The van der Waals surface area contributed by atoms with Crippen LogP contribution >= 0.6 is 0 Å². The number of nitrogens with one attached hydrogen (secondary N) is 2. The van der Waals surface area contributed by atoms with Gasteiger partial charge in [0.25, 0.3) is 0 Å². The summed E-state index contributed by atoms with van der Waals surface area (Å²) >= 11 is 0. The molecule has 1 saturated carbocycles. The minimum absolute atomic E-state index is 0.0551. The highest BCUT2D eigenvalue weighted by molar-refractivity contribution is 5.75. The molecule has 0 heterocycles. The number of carbonyl (C=O) groups is 1. The quantitative estimate of drug-likeness (QED) is 0.606. The van der Waals surface area contributed by atoms with Gasteiger partial charge in [-0.15, -0.1) is 0 Å². The lowest BCUT2D eigenvalue weighted by atomic mass is 9.85.